The molecule has 1 N–H and O–H groups in total. The van der Waals surface area contributed by atoms with E-state index >= 15 is 0 Å². The van der Waals surface area contributed by atoms with E-state index in [9.17, 15) is 4.79 Å². The van der Waals surface area contributed by atoms with E-state index in [1.54, 1.807) is 23.9 Å². The molecule has 2 aromatic heterocycles. The summed E-state index contributed by atoms with van der Waals surface area (Å²) in [5.74, 6) is -0.945. The normalized spacial score (nSPS) is 10.7. The number of aromatic carboxylic acids is 1. The molecule has 0 aromatic carbocycles. The number of halogens is 1. The van der Waals surface area contributed by atoms with Crippen molar-refractivity contribution in [1.82, 2.24) is 9.55 Å². The van der Waals surface area contributed by atoms with Crippen LogP contribution in [0, 0.1) is 0 Å². The Kier molecular flexibility index (Phi) is 2.03. The van der Waals surface area contributed by atoms with Crippen molar-refractivity contribution >= 4 is 32.9 Å². The average molecular weight is 255 g/mol. The first-order valence-corrected chi connectivity index (χ1v) is 4.74. The van der Waals surface area contributed by atoms with Crippen LogP contribution in [0.5, 0.6) is 0 Å². The monoisotopic (exact) mass is 254 g/mol. The lowest BCUT2D eigenvalue weighted by Crippen LogP contribution is -2.01. The van der Waals surface area contributed by atoms with Gasteiger partial charge in [0.1, 0.15) is 4.60 Å². The average Bonchev–Trinajstić information content (AvgIpc) is 2.46. The zero-order valence-electron chi connectivity index (χ0n) is 7.36. The molecule has 2 rings (SSSR count). The Morgan fingerprint density at radius 3 is 3.00 bits per heavy atom. The van der Waals surface area contributed by atoms with Gasteiger partial charge in [-0.1, -0.05) is 0 Å². The number of carboxylic acid groups (broad SMARTS) is 1. The number of nitrogens with zero attached hydrogens (tertiary/aromatic N) is 2. The fraction of sp³-hybridized carbons (Fsp3) is 0.111. The molecular formula is C9H7BrN2O2. The second-order valence-corrected chi connectivity index (χ2v) is 3.77. The van der Waals surface area contributed by atoms with Crippen LogP contribution in [0.15, 0.2) is 22.9 Å². The number of fused-ring (bicyclic) bond motifs is 1. The first-order chi connectivity index (χ1) is 6.59. The number of carboxylic acids is 1. The molecule has 0 unspecified atom stereocenters. The lowest BCUT2D eigenvalue weighted by Gasteiger charge is -2.01. The number of aromatic nitrogens is 2. The van der Waals surface area contributed by atoms with Gasteiger partial charge in [0.05, 0.1) is 16.6 Å². The highest BCUT2D eigenvalue weighted by molar-refractivity contribution is 9.10. The van der Waals surface area contributed by atoms with Crippen LogP contribution in [-0.2, 0) is 7.05 Å². The minimum absolute atomic E-state index is 0.259. The first-order valence-electron chi connectivity index (χ1n) is 3.94. The molecule has 2 aromatic rings. The molecule has 0 aliphatic carbocycles. The molecule has 0 atom stereocenters. The van der Waals surface area contributed by atoms with Crippen molar-refractivity contribution in [3.8, 4) is 0 Å². The minimum Gasteiger partial charge on any atom is -0.478 e. The molecule has 0 spiro atoms. The Bertz CT molecular complexity index is 519. The molecule has 0 fully saturated rings. The lowest BCUT2D eigenvalue weighted by molar-refractivity contribution is 0.0698. The number of hydrogen-bond donors (Lipinski definition) is 1. The van der Waals surface area contributed by atoms with Gasteiger partial charge in [-0.2, -0.15) is 0 Å². The molecule has 0 bridgehead atoms. The van der Waals surface area contributed by atoms with Gasteiger partial charge in [-0.05, 0) is 28.1 Å². The predicted octanol–water partition coefficient (Wildman–Crippen LogP) is 2.03. The summed E-state index contributed by atoms with van der Waals surface area (Å²) in [7, 11) is 1.80. The van der Waals surface area contributed by atoms with Crippen LogP contribution >= 0.6 is 15.9 Å². The summed E-state index contributed by atoms with van der Waals surface area (Å²) in [5, 5.41) is 8.99. The lowest BCUT2D eigenvalue weighted by atomic mass is 10.2. The molecule has 0 saturated carbocycles. The summed E-state index contributed by atoms with van der Waals surface area (Å²) in [6, 6.07) is 3.29. The van der Waals surface area contributed by atoms with Crippen LogP contribution in [0.25, 0.3) is 11.0 Å². The smallest absolute Gasteiger partial charge is 0.338 e. The molecule has 0 aliphatic rings. The van der Waals surface area contributed by atoms with E-state index in [4.69, 9.17) is 5.11 Å². The molecule has 4 nitrogen and oxygen atoms in total. The molecule has 5 heteroatoms. The number of hydrogen-bond acceptors (Lipinski definition) is 2. The van der Waals surface area contributed by atoms with Gasteiger partial charge in [0, 0.05) is 13.2 Å². The highest BCUT2D eigenvalue weighted by Gasteiger charge is 2.13. The fourth-order valence-electron chi connectivity index (χ4n) is 1.43. The number of pyridine rings is 1. The molecule has 2 heterocycles. The third-order valence-corrected chi connectivity index (χ3v) is 2.43. The Morgan fingerprint density at radius 2 is 2.36 bits per heavy atom. The van der Waals surface area contributed by atoms with Crippen LogP contribution in [-0.4, -0.2) is 20.6 Å². The number of carbonyl (C=O) groups is 1. The van der Waals surface area contributed by atoms with Crippen molar-refractivity contribution in [1.29, 1.82) is 0 Å². The second kappa shape index (κ2) is 3.09. The van der Waals surface area contributed by atoms with Gasteiger partial charge in [-0.15, -0.1) is 0 Å². The molecule has 0 saturated heterocycles. The Labute approximate surface area is 88.3 Å². The topological polar surface area (TPSA) is 55.1 Å². The maximum Gasteiger partial charge on any atom is 0.338 e. The molecular weight excluding hydrogens is 248 g/mol. The number of rotatable bonds is 1. The van der Waals surface area contributed by atoms with Crippen LogP contribution in [0.4, 0.5) is 0 Å². The Hall–Kier alpha value is -1.36. The van der Waals surface area contributed by atoms with Crippen LogP contribution in [0.1, 0.15) is 10.4 Å². The van der Waals surface area contributed by atoms with Gasteiger partial charge in [-0.3, -0.25) is 0 Å². The third-order valence-electron chi connectivity index (χ3n) is 2.03. The van der Waals surface area contributed by atoms with E-state index in [0.717, 1.165) is 0 Å². The van der Waals surface area contributed by atoms with Crippen LogP contribution in [0.3, 0.4) is 0 Å². The highest BCUT2D eigenvalue weighted by atomic mass is 79.9. The first kappa shape index (κ1) is 9.21. The minimum atomic E-state index is -0.945. The fourth-order valence-corrected chi connectivity index (χ4v) is 1.85. The summed E-state index contributed by atoms with van der Waals surface area (Å²) in [4.78, 5) is 15.1. The molecule has 72 valence electrons. The van der Waals surface area contributed by atoms with Crippen molar-refractivity contribution in [3.05, 3.63) is 28.5 Å². The molecule has 0 radical (unpaired) electrons. The van der Waals surface area contributed by atoms with E-state index in [0.29, 0.717) is 15.6 Å². The Balaban J connectivity index is 2.90. The second-order valence-electron chi connectivity index (χ2n) is 2.96. The van der Waals surface area contributed by atoms with Gasteiger partial charge >= 0.3 is 5.97 Å². The zero-order valence-corrected chi connectivity index (χ0v) is 8.95. The predicted molar refractivity (Wildman–Crippen MR) is 55.4 cm³/mol. The molecule has 14 heavy (non-hydrogen) atoms. The van der Waals surface area contributed by atoms with Crippen LogP contribution < -0.4 is 0 Å². The summed E-state index contributed by atoms with van der Waals surface area (Å²) >= 11 is 3.18. The van der Waals surface area contributed by atoms with Crippen molar-refractivity contribution in [2.45, 2.75) is 0 Å². The van der Waals surface area contributed by atoms with Crippen molar-refractivity contribution in [2.24, 2.45) is 7.05 Å². The largest absolute Gasteiger partial charge is 0.478 e. The SMILES string of the molecule is Cn1ccc2nc(Br)cc(C(=O)O)c21. The van der Waals surface area contributed by atoms with E-state index in [1.165, 1.54) is 6.07 Å². The van der Waals surface area contributed by atoms with Crippen molar-refractivity contribution in [2.75, 3.05) is 0 Å². The van der Waals surface area contributed by atoms with Crippen molar-refractivity contribution in [3.63, 3.8) is 0 Å². The third kappa shape index (κ3) is 1.29. The van der Waals surface area contributed by atoms with Gasteiger partial charge in [0.2, 0.25) is 0 Å². The maximum absolute atomic E-state index is 11.0. The summed E-state index contributed by atoms with van der Waals surface area (Å²) in [6.45, 7) is 0. The van der Waals surface area contributed by atoms with E-state index in [1.807, 2.05) is 0 Å². The van der Waals surface area contributed by atoms with E-state index < -0.39 is 5.97 Å². The van der Waals surface area contributed by atoms with Gasteiger partial charge < -0.3 is 9.67 Å². The summed E-state index contributed by atoms with van der Waals surface area (Å²) in [5.41, 5.74) is 1.58. The summed E-state index contributed by atoms with van der Waals surface area (Å²) < 4.78 is 2.28. The van der Waals surface area contributed by atoms with Gasteiger partial charge in [-0.25, -0.2) is 9.78 Å². The zero-order chi connectivity index (χ0) is 10.3. The quantitative estimate of drug-likeness (QED) is 0.793. The van der Waals surface area contributed by atoms with E-state index in [2.05, 4.69) is 20.9 Å². The standard InChI is InChI=1S/C9H7BrN2O2/c1-12-3-2-6-8(12)5(9(13)14)4-7(10)11-6/h2-4H,1H3,(H,13,14). The maximum atomic E-state index is 11.0. The van der Waals surface area contributed by atoms with Crippen molar-refractivity contribution < 1.29 is 9.90 Å². The van der Waals surface area contributed by atoms with E-state index in [-0.39, 0.29) is 5.56 Å². The van der Waals surface area contributed by atoms with Gasteiger partial charge in [0.15, 0.2) is 0 Å². The summed E-state index contributed by atoms with van der Waals surface area (Å²) in [6.07, 6.45) is 1.79. The van der Waals surface area contributed by atoms with Crippen LogP contribution in [0.2, 0.25) is 0 Å². The molecule has 0 aliphatic heterocycles. The van der Waals surface area contributed by atoms with Gasteiger partial charge in [0.25, 0.3) is 0 Å². The highest BCUT2D eigenvalue weighted by Crippen LogP contribution is 2.21. The number of aryl methyl sites for hydroxylation is 1. The molecule has 0 amide bonds. The Morgan fingerprint density at radius 1 is 1.64 bits per heavy atom.